The first-order valence-corrected chi connectivity index (χ1v) is 9.08. The molecule has 0 radical (unpaired) electrons. The molecule has 0 atom stereocenters. The van der Waals surface area contributed by atoms with E-state index in [9.17, 15) is 9.59 Å². The Hall–Kier alpha value is -3.93. The highest BCUT2D eigenvalue weighted by atomic mass is 16.5. The number of nitrogens with one attached hydrogen (secondary N) is 1. The Morgan fingerprint density at radius 3 is 2.52 bits per heavy atom. The quantitative estimate of drug-likeness (QED) is 0.507. The van der Waals surface area contributed by atoms with E-state index >= 15 is 0 Å². The summed E-state index contributed by atoms with van der Waals surface area (Å²) in [4.78, 5) is 24.3. The zero-order valence-corrected chi connectivity index (χ0v) is 15.7. The van der Waals surface area contributed by atoms with E-state index in [1.807, 2.05) is 61.5 Å². The number of ether oxygens (including phenoxy) is 1. The number of fused-ring (bicyclic) bond motifs is 1. The van der Waals surface area contributed by atoms with Crippen LogP contribution in [0.25, 0.3) is 22.0 Å². The summed E-state index contributed by atoms with van der Waals surface area (Å²) < 4.78 is 10.2. The molecule has 0 aliphatic rings. The zero-order valence-electron chi connectivity index (χ0n) is 15.7. The average Bonchev–Trinajstić information content (AvgIpc) is 3.20. The summed E-state index contributed by atoms with van der Waals surface area (Å²) in [6, 6.07) is 22.3. The first kappa shape index (κ1) is 18.4. The van der Waals surface area contributed by atoms with Gasteiger partial charge in [0.25, 0.3) is 5.91 Å². The second kappa shape index (κ2) is 7.98. The molecular weight excluding hydrogens is 368 g/mol. The highest BCUT2D eigenvalue weighted by Crippen LogP contribution is 2.22. The molecular formula is C23H18N2O4. The molecule has 6 heteroatoms. The number of esters is 1. The Morgan fingerprint density at radius 2 is 1.72 bits per heavy atom. The van der Waals surface area contributed by atoms with E-state index in [2.05, 4.69) is 10.5 Å². The number of benzene rings is 3. The van der Waals surface area contributed by atoms with Gasteiger partial charge >= 0.3 is 5.97 Å². The summed E-state index contributed by atoms with van der Waals surface area (Å²) >= 11 is 0. The summed E-state index contributed by atoms with van der Waals surface area (Å²) in [5, 5.41) is 8.43. The zero-order chi connectivity index (χ0) is 20.2. The molecule has 144 valence electrons. The Kier molecular flexibility index (Phi) is 5.07. The van der Waals surface area contributed by atoms with Crippen molar-refractivity contribution in [1.29, 1.82) is 0 Å². The molecule has 29 heavy (non-hydrogen) atoms. The Morgan fingerprint density at radius 1 is 0.966 bits per heavy atom. The van der Waals surface area contributed by atoms with Gasteiger partial charge in [0.2, 0.25) is 5.88 Å². The van der Waals surface area contributed by atoms with E-state index in [0.29, 0.717) is 11.3 Å². The van der Waals surface area contributed by atoms with Crippen LogP contribution >= 0.6 is 0 Å². The number of carbonyl (C=O) groups is 2. The van der Waals surface area contributed by atoms with Gasteiger partial charge < -0.3 is 9.26 Å². The number of amides is 1. The van der Waals surface area contributed by atoms with E-state index in [4.69, 9.17) is 9.26 Å². The molecule has 0 saturated carbocycles. The van der Waals surface area contributed by atoms with Crippen LogP contribution in [0.3, 0.4) is 0 Å². The van der Waals surface area contributed by atoms with Crippen LogP contribution in [-0.4, -0.2) is 23.6 Å². The predicted octanol–water partition coefficient (Wildman–Crippen LogP) is 4.60. The van der Waals surface area contributed by atoms with Gasteiger partial charge in [0.1, 0.15) is 5.69 Å². The monoisotopic (exact) mass is 386 g/mol. The van der Waals surface area contributed by atoms with Crippen molar-refractivity contribution in [2.75, 3.05) is 11.9 Å². The number of nitrogens with zero attached hydrogens (tertiary/aromatic N) is 1. The van der Waals surface area contributed by atoms with Crippen LogP contribution in [0, 0.1) is 6.92 Å². The summed E-state index contributed by atoms with van der Waals surface area (Å²) in [5.41, 5.74) is 3.01. The normalized spacial score (nSPS) is 10.7. The van der Waals surface area contributed by atoms with Crippen molar-refractivity contribution in [2.45, 2.75) is 6.92 Å². The molecule has 1 N–H and O–H groups in total. The van der Waals surface area contributed by atoms with Crippen molar-refractivity contribution in [3.8, 4) is 11.3 Å². The topological polar surface area (TPSA) is 81.4 Å². The van der Waals surface area contributed by atoms with Crippen LogP contribution in [0.1, 0.15) is 15.9 Å². The maximum atomic E-state index is 12.2. The highest BCUT2D eigenvalue weighted by molar-refractivity contribution is 5.97. The lowest BCUT2D eigenvalue weighted by molar-refractivity contribution is -0.119. The second-order valence-corrected chi connectivity index (χ2v) is 6.63. The van der Waals surface area contributed by atoms with Gasteiger partial charge in [-0.3, -0.25) is 10.1 Å². The SMILES string of the molecule is Cc1ccc(-c2cc(NC(=O)COC(=O)c3ccc4ccccc4c3)on2)cc1. The third-order valence-corrected chi connectivity index (χ3v) is 4.44. The molecule has 0 bridgehead atoms. The smallest absolute Gasteiger partial charge is 0.338 e. The molecule has 0 aliphatic heterocycles. The molecule has 0 saturated heterocycles. The van der Waals surface area contributed by atoms with E-state index in [0.717, 1.165) is 21.9 Å². The first-order valence-electron chi connectivity index (χ1n) is 9.08. The lowest BCUT2D eigenvalue weighted by atomic mass is 10.1. The van der Waals surface area contributed by atoms with Gasteiger partial charge in [-0.25, -0.2) is 4.79 Å². The van der Waals surface area contributed by atoms with Crippen LogP contribution in [0.2, 0.25) is 0 Å². The molecule has 6 nitrogen and oxygen atoms in total. The Labute approximate surface area is 167 Å². The number of aryl methyl sites for hydroxylation is 1. The number of rotatable bonds is 5. The third-order valence-electron chi connectivity index (χ3n) is 4.44. The molecule has 4 aromatic rings. The van der Waals surface area contributed by atoms with E-state index < -0.39 is 18.5 Å². The number of hydrogen-bond donors (Lipinski definition) is 1. The highest BCUT2D eigenvalue weighted by Gasteiger charge is 2.13. The van der Waals surface area contributed by atoms with Crippen molar-refractivity contribution in [2.24, 2.45) is 0 Å². The van der Waals surface area contributed by atoms with Crippen LogP contribution in [0.5, 0.6) is 0 Å². The minimum absolute atomic E-state index is 0.187. The van der Waals surface area contributed by atoms with Crippen LogP contribution in [0.4, 0.5) is 5.88 Å². The van der Waals surface area contributed by atoms with Gasteiger partial charge in [0.15, 0.2) is 6.61 Å². The number of carbonyl (C=O) groups excluding carboxylic acids is 2. The molecule has 3 aromatic carbocycles. The second-order valence-electron chi connectivity index (χ2n) is 6.63. The van der Waals surface area contributed by atoms with Crippen molar-refractivity contribution in [3.05, 3.63) is 83.9 Å². The molecule has 4 rings (SSSR count). The van der Waals surface area contributed by atoms with Gasteiger partial charge in [-0.15, -0.1) is 0 Å². The Balaban J connectivity index is 1.35. The van der Waals surface area contributed by atoms with Gasteiger partial charge in [-0.2, -0.15) is 0 Å². The maximum Gasteiger partial charge on any atom is 0.338 e. The Bertz CT molecular complexity index is 1180. The fourth-order valence-electron chi connectivity index (χ4n) is 2.90. The molecule has 1 heterocycles. The average molecular weight is 386 g/mol. The predicted molar refractivity (Wildman–Crippen MR) is 110 cm³/mol. The number of aromatic nitrogens is 1. The van der Waals surface area contributed by atoms with Gasteiger partial charge in [-0.05, 0) is 29.8 Å². The minimum atomic E-state index is -0.566. The van der Waals surface area contributed by atoms with E-state index in [-0.39, 0.29) is 5.88 Å². The molecule has 1 aromatic heterocycles. The summed E-state index contributed by atoms with van der Waals surface area (Å²) in [6.45, 7) is 1.57. The number of hydrogen-bond acceptors (Lipinski definition) is 5. The molecule has 1 amide bonds. The standard InChI is InChI=1S/C23H18N2O4/c1-15-6-8-17(9-7-15)20-13-22(29-25-20)24-21(26)14-28-23(27)19-11-10-16-4-2-3-5-18(16)12-19/h2-13H,14H2,1H3,(H,24,26). The molecule has 0 fully saturated rings. The third kappa shape index (κ3) is 4.32. The van der Waals surface area contributed by atoms with Crippen molar-refractivity contribution in [1.82, 2.24) is 5.16 Å². The lowest BCUT2D eigenvalue weighted by Crippen LogP contribution is -2.20. The van der Waals surface area contributed by atoms with Crippen LogP contribution < -0.4 is 5.32 Å². The summed E-state index contributed by atoms with van der Waals surface area (Å²) in [6.07, 6.45) is 0. The fourth-order valence-corrected chi connectivity index (χ4v) is 2.90. The van der Waals surface area contributed by atoms with Gasteiger partial charge in [0, 0.05) is 11.6 Å². The lowest BCUT2D eigenvalue weighted by Gasteiger charge is -2.05. The molecule has 0 aliphatic carbocycles. The minimum Gasteiger partial charge on any atom is -0.452 e. The van der Waals surface area contributed by atoms with Crippen molar-refractivity contribution >= 4 is 28.5 Å². The van der Waals surface area contributed by atoms with Crippen molar-refractivity contribution in [3.63, 3.8) is 0 Å². The summed E-state index contributed by atoms with van der Waals surface area (Å²) in [5.74, 6) is -0.887. The number of anilines is 1. The van der Waals surface area contributed by atoms with Crippen LogP contribution in [0.15, 0.2) is 77.3 Å². The summed E-state index contributed by atoms with van der Waals surface area (Å²) in [7, 11) is 0. The molecule has 0 spiro atoms. The van der Waals surface area contributed by atoms with E-state index in [1.165, 1.54) is 0 Å². The fraction of sp³-hybridized carbons (Fsp3) is 0.0870. The largest absolute Gasteiger partial charge is 0.452 e. The van der Waals surface area contributed by atoms with Gasteiger partial charge in [-0.1, -0.05) is 65.3 Å². The van der Waals surface area contributed by atoms with E-state index in [1.54, 1.807) is 18.2 Å². The maximum absolute atomic E-state index is 12.2. The van der Waals surface area contributed by atoms with Crippen molar-refractivity contribution < 1.29 is 18.8 Å². The first-order chi connectivity index (χ1) is 14.1. The molecule has 0 unspecified atom stereocenters. The van der Waals surface area contributed by atoms with Crippen LogP contribution in [-0.2, 0) is 9.53 Å². The van der Waals surface area contributed by atoms with Gasteiger partial charge in [0.05, 0.1) is 5.56 Å².